The van der Waals surface area contributed by atoms with Crippen LogP contribution in [0.3, 0.4) is 0 Å². The Kier molecular flexibility index (Phi) is 4.74. The fourth-order valence-electron chi connectivity index (χ4n) is 3.92. The van der Waals surface area contributed by atoms with Crippen molar-refractivity contribution in [2.24, 2.45) is 0 Å². The van der Waals surface area contributed by atoms with Gasteiger partial charge in [0, 0.05) is 5.69 Å². The topological polar surface area (TPSA) is 55.4 Å². The molecule has 26 heavy (non-hydrogen) atoms. The summed E-state index contributed by atoms with van der Waals surface area (Å²) in [5.41, 5.74) is 6.50. The zero-order valence-corrected chi connectivity index (χ0v) is 14.8. The molecule has 0 spiro atoms. The summed E-state index contributed by atoms with van der Waals surface area (Å²) in [5, 5.41) is 2.81. The SMILES string of the molecule is O=C(COC(=O)c1ccc2c(c1)CCCC2)Nc1ccc2c(c1)CCC2. The van der Waals surface area contributed by atoms with Crippen LogP contribution in [0.2, 0.25) is 0 Å². The highest BCUT2D eigenvalue weighted by atomic mass is 16.5. The molecule has 4 nitrogen and oxygen atoms in total. The summed E-state index contributed by atoms with van der Waals surface area (Å²) in [5.74, 6) is -0.753. The van der Waals surface area contributed by atoms with Crippen molar-refractivity contribution in [3.05, 3.63) is 64.2 Å². The first-order chi connectivity index (χ1) is 12.7. The van der Waals surface area contributed by atoms with Gasteiger partial charge in [-0.25, -0.2) is 4.79 Å². The highest BCUT2D eigenvalue weighted by Crippen LogP contribution is 2.25. The number of nitrogens with one attached hydrogen (secondary N) is 1. The number of hydrogen-bond acceptors (Lipinski definition) is 3. The summed E-state index contributed by atoms with van der Waals surface area (Å²) < 4.78 is 5.19. The van der Waals surface area contributed by atoms with Gasteiger partial charge in [-0.15, -0.1) is 0 Å². The minimum atomic E-state index is -0.442. The van der Waals surface area contributed by atoms with E-state index in [9.17, 15) is 9.59 Å². The second kappa shape index (κ2) is 7.32. The van der Waals surface area contributed by atoms with Crippen molar-refractivity contribution in [2.45, 2.75) is 44.9 Å². The number of aryl methyl sites for hydroxylation is 4. The number of hydrogen-bond donors (Lipinski definition) is 1. The summed E-state index contributed by atoms with van der Waals surface area (Å²) in [7, 11) is 0. The van der Waals surface area contributed by atoms with Crippen LogP contribution in [0.5, 0.6) is 0 Å². The third-order valence-electron chi connectivity index (χ3n) is 5.30. The summed E-state index contributed by atoms with van der Waals surface area (Å²) in [6.45, 7) is -0.271. The molecule has 0 radical (unpaired) electrons. The maximum Gasteiger partial charge on any atom is 0.338 e. The Bertz CT molecular complexity index is 856. The molecule has 2 aliphatic carbocycles. The summed E-state index contributed by atoms with van der Waals surface area (Å²) >= 11 is 0. The zero-order valence-electron chi connectivity index (χ0n) is 14.8. The van der Waals surface area contributed by atoms with Gasteiger partial charge in [0.1, 0.15) is 0 Å². The number of carbonyl (C=O) groups excluding carboxylic acids is 2. The average Bonchev–Trinajstić information content (AvgIpc) is 3.13. The van der Waals surface area contributed by atoms with Gasteiger partial charge >= 0.3 is 5.97 Å². The number of anilines is 1. The molecular formula is C22H23NO3. The van der Waals surface area contributed by atoms with Crippen LogP contribution in [0, 0.1) is 0 Å². The number of amides is 1. The van der Waals surface area contributed by atoms with Gasteiger partial charge in [-0.05, 0) is 91.5 Å². The van der Waals surface area contributed by atoms with Crippen molar-refractivity contribution in [1.82, 2.24) is 0 Å². The molecule has 0 atom stereocenters. The smallest absolute Gasteiger partial charge is 0.338 e. The molecule has 2 aliphatic rings. The molecule has 0 fully saturated rings. The van der Waals surface area contributed by atoms with Crippen molar-refractivity contribution in [3.8, 4) is 0 Å². The van der Waals surface area contributed by atoms with E-state index in [-0.39, 0.29) is 12.5 Å². The highest BCUT2D eigenvalue weighted by Gasteiger charge is 2.16. The highest BCUT2D eigenvalue weighted by molar-refractivity contribution is 5.95. The van der Waals surface area contributed by atoms with Gasteiger partial charge in [0.2, 0.25) is 0 Å². The van der Waals surface area contributed by atoms with Gasteiger partial charge in [-0.1, -0.05) is 12.1 Å². The maximum atomic E-state index is 12.2. The van der Waals surface area contributed by atoms with Crippen LogP contribution in [-0.2, 0) is 35.2 Å². The zero-order chi connectivity index (χ0) is 17.9. The summed E-state index contributed by atoms with van der Waals surface area (Å²) in [4.78, 5) is 24.3. The average molecular weight is 349 g/mol. The molecular weight excluding hydrogens is 326 g/mol. The monoisotopic (exact) mass is 349 g/mol. The lowest BCUT2D eigenvalue weighted by atomic mass is 9.90. The van der Waals surface area contributed by atoms with E-state index in [0.717, 1.165) is 37.8 Å². The van der Waals surface area contributed by atoms with E-state index in [1.807, 2.05) is 24.3 Å². The molecule has 0 bridgehead atoms. The van der Waals surface area contributed by atoms with Gasteiger partial charge in [0.05, 0.1) is 5.56 Å². The molecule has 4 rings (SSSR count). The van der Waals surface area contributed by atoms with Crippen molar-refractivity contribution in [2.75, 3.05) is 11.9 Å². The fourth-order valence-corrected chi connectivity index (χ4v) is 3.92. The number of fused-ring (bicyclic) bond motifs is 2. The van der Waals surface area contributed by atoms with Crippen LogP contribution in [0.15, 0.2) is 36.4 Å². The number of benzene rings is 2. The van der Waals surface area contributed by atoms with Crippen LogP contribution in [0.25, 0.3) is 0 Å². The van der Waals surface area contributed by atoms with Crippen molar-refractivity contribution < 1.29 is 14.3 Å². The van der Waals surface area contributed by atoms with E-state index in [2.05, 4.69) is 11.4 Å². The molecule has 2 aromatic carbocycles. The standard InChI is InChI=1S/C22H23NO3/c24-21(23-20-11-10-16-6-3-7-18(16)13-20)14-26-22(25)19-9-8-15-4-1-2-5-17(15)12-19/h8-13H,1-7,14H2,(H,23,24). The molecule has 134 valence electrons. The quantitative estimate of drug-likeness (QED) is 0.853. The lowest BCUT2D eigenvalue weighted by Gasteiger charge is -2.16. The lowest BCUT2D eigenvalue weighted by molar-refractivity contribution is -0.119. The van der Waals surface area contributed by atoms with Crippen molar-refractivity contribution in [1.29, 1.82) is 0 Å². The molecule has 0 heterocycles. The predicted molar refractivity (Wildman–Crippen MR) is 100 cm³/mol. The first-order valence-electron chi connectivity index (χ1n) is 9.39. The fraction of sp³-hybridized carbons (Fsp3) is 0.364. The third-order valence-corrected chi connectivity index (χ3v) is 5.30. The molecule has 0 unspecified atom stereocenters. The lowest BCUT2D eigenvalue weighted by Crippen LogP contribution is -2.21. The Morgan fingerprint density at radius 3 is 2.31 bits per heavy atom. The normalized spacial score (nSPS) is 15.1. The largest absolute Gasteiger partial charge is 0.452 e. The van der Waals surface area contributed by atoms with E-state index in [4.69, 9.17) is 4.74 Å². The number of carbonyl (C=O) groups is 2. The van der Waals surface area contributed by atoms with E-state index < -0.39 is 5.97 Å². The minimum Gasteiger partial charge on any atom is -0.452 e. The van der Waals surface area contributed by atoms with Gasteiger partial charge in [-0.3, -0.25) is 4.79 Å². The van der Waals surface area contributed by atoms with Crippen LogP contribution < -0.4 is 5.32 Å². The Morgan fingerprint density at radius 1 is 0.808 bits per heavy atom. The van der Waals surface area contributed by atoms with Crippen molar-refractivity contribution >= 4 is 17.6 Å². The molecule has 0 saturated carbocycles. The predicted octanol–water partition coefficient (Wildman–Crippen LogP) is 3.85. The first-order valence-corrected chi connectivity index (χ1v) is 9.39. The van der Waals surface area contributed by atoms with Crippen molar-refractivity contribution in [3.63, 3.8) is 0 Å². The second-order valence-corrected chi connectivity index (χ2v) is 7.15. The van der Waals surface area contributed by atoms with Crippen LogP contribution >= 0.6 is 0 Å². The molecule has 0 aromatic heterocycles. The van der Waals surface area contributed by atoms with Crippen LogP contribution in [0.4, 0.5) is 5.69 Å². The van der Waals surface area contributed by atoms with Gasteiger partial charge in [0.15, 0.2) is 6.61 Å². The number of esters is 1. The number of ether oxygens (including phenoxy) is 1. The first kappa shape index (κ1) is 16.8. The Hall–Kier alpha value is -2.62. The van der Waals surface area contributed by atoms with Gasteiger partial charge < -0.3 is 10.1 Å². The van der Waals surface area contributed by atoms with E-state index >= 15 is 0 Å². The van der Waals surface area contributed by atoms with E-state index in [0.29, 0.717) is 5.56 Å². The minimum absolute atomic E-state index is 0.271. The third kappa shape index (κ3) is 3.64. The van der Waals surface area contributed by atoms with Gasteiger partial charge in [0.25, 0.3) is 5.91 Å². The van der Waals surface area contributed by atoms with Gasteiger partial charge in [-0.2, -0.15) is 0 Å². The van der Waals surface area contributed by atoms with Crippen LogP contribution in [-0.4, -0.2) is 18.5 Å². The number of rotatable bonds is 4. The Labute approximate surface area is 153 Å². The second-order valence-electron chi connectivity index (χ2n) is 7.15. The summed E-state index contributed by atoms with van der Waals surface area (Å²) in [6.07, 6.45) is 7.80. The molecule has 4 heteroatoms. The Balaban J connectivity index is 1.33. The summed E-state index contributed by atoms with van der Waals surface area (Å²) in [6, 6.07) is 11.7. The van der Waals surface area contributed by atoms with E-state index in [1.54, 1.807) is 6.07 Å². The Morgan fingerprint density at radius 2 is 1.46 bits per heavy atom. The molecule has 0 saturated heterocycles. The maximum absolute atomic E-state index is 12.2. The molecule has 2 aromatic rings. The molecule has 1 N–H and O–H groups in total. The molecule has 1 amide bonds. The van der Waals surface area contributed by atoms with Crippen LogP contribution in [0.1, 0.15) is 51.9 Å². The van der Waals surface area contributed by atoms with E-state index in [1.165, 1.54) is 35.1 Å². The molecule has 0 aliphatic heterocycles.